The van der Waals surface area contributed by atoms with Crippen molar-refractivity contribution < 1.29 is 76.4 Å². The summed E-state index contributed by atoms with van der Waals surface area (Å²) in [5.74, 6) is 0. The second kappa shape index (κ2) is 136. The van der Waals surface area contributed by atoms with Crippen LogP contribution in [0.3, 0.4) is 0 Å². The van der Waals surface area contributed by atoms with E-state index in [4.69, 9.17) is 0 Å². The smallest absolute Gasteiger partial charge is 2.00 e. The molecule has 0 atom stereocenters. The Morgan fingerprint density at radius 1 is 0.571 bits per heavy atom. The Bertz CT molecular complexity index is 11.7. The van der Waals surface area contributed by atoms with Gasteiger partial charge in [0, 0.05) is 0 Å². The molecule has 0 rings (SSSR count). The molecule has 0 spiro atoms. The Hall–Kier alpha value is 1.54. The largest absolute Gasteiger partial charge is 5.00 e. The van der Waals surface area contributed by atoms with E-state index in [-0.39, 0.29) is 76.4 Å². The van der Waals surface area contributed by atoms with Gasteiger partial charge in [0.1, 0.15) is 0 Å². The van der Waals surface area contributed by atoms with Crippen molar-refractivity contribution >= 4 is 0 Å². The minimum atomic E-state index is 0. The number of rotatable bonds is 0. The maximum atomic E-state index is 0. The van der Waals surface area contributed by atoms with Gasteiger partial charge in [0.25, 0.3) is 0 Å². The van der Waals surface area contributed by atoms with Crippen LogP contribution in [0.1, 0.15) is 0 Å². The van der Waals surface area contributed by atoms with Gasteiger partial charge >= 0.3 is 54.5 Å². The summed E-state index contributed by atoms with van der Waals surface area (Å²) in [5.41, 5.74) is 0. The Labute approximate surface area is 76.2 Å². The number of hydrogen-bond acceptors (Lipinski definition) is 0. The molecule has 0 aliphatic rings. The molecule has 0 amide bonds. The Kier molecular flexibility index (Phi) is 3970. The average Bonchev–Trinajstić information content (AvgIpc) is 0. The maximum Gasteiger partial charge on any atom is 5.00 e. The van der Waals surface area contributed by atoms with Crippen LogP contribution < -0.4 is 18.9 Å². The predicted molar refractivity (Wildman–Crippen MR) is 2.75 cm³/mol. The SMILES string of the molecule is [Li+].[Mn+2].[O-2].[O-2].[O-2].[O-2].[V+5]. The average molecular weight is 177 g/mol. The summed E-state index contributed by atoms with van der Waals surface area (Å²) in [6.45, 7) is 0. The van der Waals surface area contributed by atoms with Gasteiger partial charge in [-0.25, -0.2) is 0 Å². The van der Waals surface area contributed by atoms with Gasteiger partial charge in [-0.1, -0.05) is 0 Å². The van der Waals surface area contributed by atoms with E-state index in [0.29, 0.717) is 0 Å². The first-order valence-corrected chi connectivity index (χ1v) is 0. The maximum absolute atomic E-state index is 0. The van der Waals surface area contributed by atoms with Crippen molar-refractivity contribution in [3.8, 4) is 0 Å². The quantitative estimate of drug-likeness (QED) is 0.342. The summed E-state index contributed by atoms with van der Waals surface area (Å²) < 4.78 is 0. The molecule has 0 aromatic carbocycles. The number of hydrogen-bond donors (Lipinski definition) is 0. The summed E-state index contributed by atoms with van der Waals surface area (Å²) in [6.07, 6.45) is 0. The summed E-state index contributed by atoms with van der Waals surface area (Å²) in [4.78, 5) is 0. The summed E-state index contributed by atoms with van der Waals surface area (Å²) in [6, 6.07) is 0. The molecule has 0 aliphatic carbocycles. The van der Waals surface area contributed by atoms with Crippen molar-refractivity contribution in [3.05, 3.63) is 0 Å². The van der Waals surface area contributed by atoms with Crippen LogP contribution in [0, 0.1) is 0 Å². The van der Waals surface area contributed by atoms with Gasteiger partial charge < -0.3 is 21.9 Å². The summed E-state index contributed by atoms with van der Waals surface area (Å²) >= 11 is 0. The van der Waals surface area contributed by atoms with E-state index < -0.39 is 0 Å². The van der Waals surface area contributed by atoms with Crippen molar-refractivity contribution in [2.45, 2.75) is 0 Å². The van der Waals surface area contributed by atoms with Gasteiger partial charge in [0.15, 0.2) is 0 Å². The van der Waals surface area contributed by atoms with E-state index in [1.165, 1.54) is 0 Å². The van der Waals surface area contributed by atoms with E-state index in [1.54, 1.807) is 0 Å². The third kappa shape index (κ3) is 97.5. The van der Waals surface area contributed by atoms with Crippen molar-refractivity contribution in [1.29, 1.82) is 0 Å². The summed E-state index contributed by atoms with van der Waals surface area (Å²) in [7, 11) is 0. The molecule has 1 radical (unpaired) electrons. The van der Waals surface area contributed by atoms with Crippen LogP contribution >= 0.6 is 0 Å². The minimum absolute atomic E-state index is 0. The third-order valence-corrected chi connectivity index (χ3v) is 0. The van der Waals surface area contributed by atoms with Crippen LogP contribution in [0.2, 0.25) is 0 Å². The third-order valence-electron chi connectivity index (χ3n) is 0. The van der Waals surface area contributed by atoms with E-state index in [0.717, 1.165) is 0 Å². The molecule has 0 saturated heterocycles. The molecule has 0 unspecified atom stereocenters. The van der Waals surface area contributed by atoms with Crippen LogP contribution in [0.25, 0.3) is 0 Å². The second-order valence-corrected chi connectivity index (χ2v) is 0. The fourth-order valence-electron chi connectivity index (χ4n) is 0. The molecule has 37 valence electrons. The molecule has 7 heavy (non-hydrogen) atoms. The first-order valence-electron chi connectivity index (χ1n) is 0. The molecule has 0 fully saturated rings. The first-order chi connectivity index (χ1) is 0. The Morgan fingerprint density at radius 3 is 0.571 bits per heavy atom. The standard InChI is InChI=1S/Li.Mn.4O.V/q+1;+2;4*-2;+5. The molecule has 7 heteroatoms. The van der Waals surface area contributed by atoms with Crippen molar-refractivity contribution in [3.63, 3.8) is 0 Å². The molecular formula is LiMnO4V. The van der Waals surface area contributed by atoms with Gasteiger partial charge in [-0.2, -0.15) is 0 Å². The van der Waals surface area contributed by atoms with Gasteiger partial charge in [0.05, 0.1) is 0 Å². The fourth-order valence-corrected chi connectivity index (χ4v) is 0. The van der Waals surface area contributed by atoms with Gasteiger partial charge in [0.2, 0.25) is 0 Å². The molecule has 0 N–H and O–H groups in total. The first kappa shape index (κ1) is 204. The molecule has 4 nitrogen and oxygen atoms in total. The van der Waals surface area contributed by atoms with Gasteiger partial charge in [-0.15, -0.1) is 0 Å². The van der Waals surface area contributed by atoms with Crippen LogP contribution in [0.5, 0.6) is 0 Å². The van der Waals surface area contributed by atoms with Crippen molar-refractivity contribution in [2.75, 3.05) is 0 Å². The zero-order valence-corrected chi connectivity index (χ0v) is 6.04. The van der Waals surface area contributed by atoms with Gasteiger partial charge in [-0.3, -0.25) is 0 Å². The van der Waals surface area contributed by atoms with E-state index in [9.17, 15) is 0 Å². The van der Waals surface area contributed by atoms with Gasteiger partial charge in [-0.05, 0) is 0 Å². The zero-order chi connectivity index (χ0) is 0. The van der Waals surface area contributed by atoms with Crippen molar-refractivity contribution in [1.82, 2.24) is 0 Å². The normalized spacial score (nSPS) is 0. The molecule has 0 aromatic rings. The minimum Gasteiger partial charge on any atom is -2.00 e. The van der Waals surface area contributed by atoms with E-state index in [1.807, 2.05) is 0 Å². The molecule has 0 heterocycles. The molecule has 0 aromatic heterocycles. The monoisotopic (exact) mass is 177 g/mol. The van der Waals surface area contributed by atoms with E-state index >= 15 is 0 Å². The van der Waals surface area contributed by atoms with Crippen molar-refractivity contribution in [2.24, 2.45) is 0 Å². The Morgan fingerprint density at radius 2 is 0.571 bits per heavy atom. The second-order valence-electron chi connectivity index (χ2n) is 0. The predicted octanol–water partition coefficient (Wildman–Crippen LogP) is -3.48. The molecule has 0 aliphatic heterocycles. The molecule has 0 saturated carbocycles. The Balaban J connectivity index is 0. The van der Waals surface area contributed by atoms with Crippen LogP contribution in [-0.4, -0.2) is 0 Å². The van der Waals surface area contributed by atoms with Crippen LogP contribution in [-0.2, 0) is 57.5 Å². The van der Waals surface area contributed by atoms with Crippen LogP contribution in [0.4, 0.5) is 0 Å². The fraction of sp³-hybridized carbons (Fsp3) is 0. The van der Waals surface area contributed by atoms with E-state index in [2.05, 4.69) is 0 Å². The topological polar surface area (TPSA) is 114 Å². The summed E-state index contributed by atoms with van der Waals surface area (Å²) in [5, 5.41) is 0. The molecular weight excluding hydrogens is 177 g/mol. The van der Waals surface area contributed by atoms with Crippen LogP contribution in [0.15, 0.2) is 0 Å². The molecule has 0 bridgehead atoms. The zero-order valence-electron chi connectivity index (χ0n) is 3.46.